The molecule has 0 amide bonds. The first-order valence-electron chi connectivity index (χ1n) is 7.38. The fourth-order valence-corrected chi connectivity index (χ4v) is 2.72. The Hall–Kier alpha value is -2.17. The summed E-state index contributed by atoms with van der Waals surface area (Å²) >= 11 is 0. The molecule has 2 aromatic rings. The predicted molar refractivity (Wildman–Crippen MR) is 92.8 cm³/mol. The minimum atomic E-state index is -1.85. The van der Waals surface area contributed by atoms with Crippen LogP contribution < -0.4 is 0 Å². The van der Waals surface area contributed by atoms with Gasteiger partial charge in [-0.3, -0.25) is 15.2 Å². The van der Waals surface area contributed by atoms with Gasteiger partial charge in [0.2, 0.25) is 0 Å². The Labute approximate surface area is 136 Å². The number of hydrogen-bond acceptors (Lipinski definition) is 4. The fourth-order valence-electron chi connectivity index (χ4n) is 1.85. The van der Waals surface area contributed by atoms with Crippen molar-refractivity contribution in [3.8, 4) is 11.8 Å². The Balaban J connectivity index is 2.23. The molecule has 0 saturated heterocycles. The first-order chi connectivity index (χ1) is 10.6. The zero-order chi connectivity index (χ0) is 17.3. The molecule has 0 bridgehead atoms. The lowest BCUT2D eigenvalue weighted by molar-refractivity contribution is -0.383. The van der Waals surface area contributed by atoms with Crippen LogP contribution in [0.5, 0.6) is 0 Å². The van der Waals surface area contributed by atoms with E-state index >= 15 is 0 Å². The molecule has 1 aromatic heterocycles. The second kappa shape index (κ2) is 6.14. The number of benzene rings is 1. The number of nitrogens with one attached hydrogen (secondary N) is 1. The molecule has 0 unspecified atom stereocenters. The van der Waals surface area contributed by atoms with Gasteiger partial charge in [0.15, 0.2) is 8.32 Å². The van der Waals surface area contributed by atoms with Gasteiger partial charge in [-0.15, -0.1) is 0 Å². The van der Waals surface area contributed by atoms with E-state index in [2.05, 4.69) is 55.9 Å². The summed E-state index contributed by atoms with van der Waals surface area (Å²) in [4.78, 5) is 10.7. The molecule has 1 aromatic carbocycles. The van der Waals surface area contributed by atoms with Crippen LogP contribution in [0.2, 0.25) is 18.1 Å². The highest BCUT2D eigenvalue weighted by Crippen LogP contribution is 2.36. The van der Waals surface area contributed by atoms with Gasteiger partial charge < -0.3 is 4.43 Å². The molecule has 0 radical (unpaired) electrons. The summed E-state index contributed by atoms with van der Waals surface area (Å²) in [7, 11) is -1.85. The number of rotatable bonds is 3. The molecule has 0 spiro atoms. The van der Waals surface area contributed by atoms with E-state index in [4.69, 9.17) is 4.43 Å². The third-order valence-corrected chi connectivity index (χ3v) is 8.76. The Morgan fingerprint density at radius 2 is 2.09 bits per heavy atom. The summed E-state index contributed by atoms with van der Waals surface area (Å²) in [5.41, 5.74) is 0.991. The van der Waals surface area contributed by atoms with Crippen LogP contribution in [0.1, 0.15) is 26.5 Å². The van der Waals surface area contributed by atoms with E-state index < -0.39 is 13.2 Å². The predicted octanol–water partition coefficient (Wildman–Crippen LogP) is 3.84. The number of fused-ring (bicyclic) bond motifs is 1. The Kier molecular flexibility index (Phi) is 4.59. The van der Waals surface area contributed by atoms with Gasteiger partial charge in [-0.05, 0) is 30.1 Å². The summed E-state index contributed by atoms with van der Waals surface area (Å²) in [6.45, 7) is 11.1. The zero-order valence-corrected chi connectivity index (χ0v) is 15.1. The van der Waals surface area contributed by atoms with Crippen molar-refractivity contribution in [2.75, 3.05) is 6.61 Å². The molecule has 7 heteroatoms. The molecule has 0 atom stereocenters. The van der Waals surface area contributed by atoms with E-state index in [1.54, 1.807) is 12.1 Å². The Bertz CT molecular complexity index is 794. The van der Waals surface area contributed by atoms with E-state index in [0.29, 0.717) is 23.2 Å². The lowest BCUT2D eigenvalue weighted by Crippen LogP contribution is -2.40. The van der Waals surface area contributed by atoms with Crippen molar-refractivity contribution in [3.63, 3.8) is 0 Å². The maximum atomic E-state index is 11.1. The van der Waals surface area contributed by atoms with Gasteiger partial charge >= 0.3 is 0 Å². The van der Waals surface area contributed by atoms with Crippen molar-refractivity contribution in [3.05, 3.63) is 34.0 Å². The highest BCUT2D eigenvalue weighted by atomic mass is 28.4. The van der Waals surface area contributed by atoms with E-state index in [1.807, 2.05) is 0 Å². The molecular formula is C16H21N3O3Si. The second-order valence-corrected chi connectivity index (χ2v) is 11.7. The van der Waals surface area contributed by atoms with E-state index in [9.17, 15) is 10.1 Å². The van der Waals surface area contributed by atoms with E-state index in [-0.39, 0.29) is 10.7 Å². The normalized spacial score (nSPS) is 12.0. The number of aromatic nitrogens is 2. The highest BCUT2D eigenvalue weighted by Gasteiger charge is 2.36. The van der Waals surface area contributed by atoms with Crippen molar-refractivity contribution < 1.29 is 9.35 Å². The second-order valence-electron chi connectivity index (χ2n) is 6.88. The van der Waals surface area contributed by atoms with Crippen LogP contribution in [0.4, 0.5) is 5.69 Å². The molecule has 2 rings (SSSR count). The van der Waals surface area contributed by atoms with Crippen LogP contribution in [0.3, 0.4) is 0 Å². The molecule has 0 aliphatic carbocycles. The average molecular weight is 331 g/mol. The minimum Gasteiger partial charge on any atom is -0.406 e. The van der Waals surface area contributed by atoms with Crippen molar-refractivity contribution >= 4 is 24.9 Å². The summed E-state index contributed by atoms with van der Waals surface area (Å²) in [6.07, 6.45) is 0. The maximum Gasteiger partial charge on any atom is 0.281 e. The van der Waals surface area contributed by atoms with Crippen molar-refractivity contribution in [1.29, 1.82) is 0 Å². The molecule has 0 aliphatic heterocycles. The largest absolute Gasteiger partial charge is 0.406 e. The van der Waals surface area contributed by atoms with Gasteiger partial charge in [0.1, 0.15) is 16.6 Å². The van der Waals surface area contributed by atoms with Crippen LogP contribution in [0.25, 0.3) is 10.9 Å². The summed E-state index contributed by atoms with van der Waals surface area (Å²) in [5, 5.41) is 18.5. The lowest BCUT2D eigenvalue weighted by Gasteiger charge is -2.35. The van der Waals surface area contributed by atoms with Crippen LogP contribution in [-0.4, -0.2) is 30.0 Å². The summed E-state index contributed by atoms with van der Waals surface area (Å²) < 4.78 is 5.98. The number of non-ortho nitro benzene ring substituents is 1. The third kappa shape index (κ3) is 3.60. The number of nitrogens with zero attached hydrogens (tertiary/aromatic N) is 2. The van der Waals surface area contributed by atoms with Crippen molar-refractivity contribution in [1.82, 2.24) is 10.2 Å². The molecule has 6 nitrogen and oxygen atoms in total. The number of aromatic amines is 1. The van der Waals surface area contributed by atoms with Crippen LogP contribution >= 0.6 is 0 Å². The van der Waals surface area contributed by atoms with Gasteiger partial charge in [0.05, 0.1) is 11.5 Å². The summed E-state index contributed by atoms with van der Waals surface area (Å²) in [6, 6.07) is 4.78. The first-order valence-corrected chi connectivity index (χ1v) is 10.3. The smallest absolute Gasteiger partial charge is 0.281 e. The van der Waals surface area contributed by atoms with Gasteiger partial charge in [-0.25, -0.2) is 0 Å². The number of H-pyrrole nitrogens is 1. The first kappa shape index (κ1) is 17.2. The molecule has 122 valence electrons. The van der Waals surface area contributed by atoms with Crippen molar-refractivity contribution in [2.45, 2.75) is 38.9 Å². The van der Waals surface area contributed by atoms with Crippen molar-refractivity contribution in [2.24, 2.45) is 0 Å². The van der Waals surface area contributed by atoms with Gasteiger partial charge in [-0.1, -0.05) is 32.8 Å². The van der Waals surface area contributed by atoms with Gasteiger partial charge in [0, 0.05) is 6.07 Å². The SMILES string of the molecule is CC(C)(C)[Si](C)(C)OCC#Cc1[nH]nc2cccc([N+](=O)[O-])c12. The molecule has 0 aliphatic rings. The molecule has 0 fully saturated rings. The minimum absolute atomic E-state index is 0.00543. The van der Waals surface area contributed by atoms with Crippen LogP contribution in [0, 0.1) is 22.0 Å². The number of hydrogen-bond donors (Lipinski definition) is 1. The molecule has 1 heterocycles. The third-order valence-electron chi connectivity index (χ3n) is 4.28. The topological polar surface area (TPSA) is 81.0 Å². The molecule has 0 saturated carbocycles. The highest BCUT2D eigenvalue weighted by molar-refractivity contribution is 6.74. The van der Waals surface area contributed by atoms with Gasteiger partial charge in [0.25, 0.3) is 5.69 Å². The van der Waals surface area contributed by atoms with Crippen LogP contribution in [0.15, 0.2) is 18.2 Å². The zero-order valence-electron chi connectivity index (χ0n) is 14.1. The van der Waals surface area contributed by atoms with E-state index in [0.717, 1.165) is 0 Å². The quantitative estimate of drug-likeness (QED) is 0.401. The maximum absolute atomic E-state index is 11.1. The van der Waals surface area contributed by atoms with Gasteiger partial charge in [-0.2, -0.15) is 5.10 Å². The monoisotopic (exact) mass is 331 g/mol. The molecule has 1 N–H and O–H groups in total. The molecular weight excluding hydrogens is 310 g/mol. The Morgan fingerprint density at radius 3 is 2.70 bits per heavy atom. The van der Waals surface area contributed by atoms with Crippen LogP contribution in [-0.2, 0) is 4.43 Å². The van der Waals surface area contributed by atoms with E-state index in [1.165, 1.54) is 6.07 Å². The number of nitro groups is 1. The number of nitro benzene ring substituents is 1. The Morgan fingerprint density at radius 1 is 1.39 bits per heavy atom. The average Bonchev–Trinajstić information content (AvgIpc) is 2.85. The summed E-state index contributed by atoms with van der Waals surface area (Å²) in [5.74, 6) is 5.85. The molecule has 23 heavy (non-hydrogen) atoms. The lowest BCUT2D eigenvalue weighted by atomic mass is 10.2. The fraction of sp³-hybridized carbons (Fsp3) is 0.438. The standard InChI is InChI=1S/C16H21N3O3Si/c1-16(2,3)23(4,5)22-11-7-9-13-15-12(17-18-13)8-6-10-14(15)19(20)21/h6,8,10H,11H2,1-5H3,(H,17,18).